The maximum Gasteiger partial charge on any atom is 0.410 e. The molecule has 0 bridgehead atoms. The van der Waals surface area contributed by atoms with E-state index in [0.717, 1.165) is 58.2 Å². The van der Waals surface area contributed by atoms with Gasteiger partial charge < -0.3 is 24.6 Å². The Morgan fingerprint density at radius 3 is 2.32 bits per heavy atom. The number of ether oxygens (including phenoxy) is 2. The lowest BCUT2D eigenvalue weighted by Gasteiger charge is -2.29. The number of rotatable bonds is 16. The van der Waals surface area contributed by atoms with Crippen molar-refractivity contribution < 1.29 is 29.3 Å². The Kier molecular flexibility index (Phi) is 13.2. The number of carbonyl (C=O) groups excluding carboxylic acids is 2. The van der Waals surface area contributed by atoms with Gasteiger partial charge in [-0.1, -0.05) is 49.2 Å². The molecule has 2 aromatic rings. The van der Waals surface area contributed by atoms with Crippen molar-refractivity contribution in [3.63, 3.8) is 0 Å². The van der Waals surface area contributed by atoms with Crippen LogP contribution in [0.25, 0.3) is 0 Å². The molecule has 0 aliphatic rings. The van der Waals surface area contributed by atoms with E-state index in [1.165, 1.54) is 22.6 Å². The van der Waals surface area contributed by atoms with E-state index in [0.29, 0.717) is 18.4 Å². The van der Waals surface area contributed by atoms with E-state index in [2.05, 4.69) is 24.3 Å². The third kappa shape index (κ3) is 12.3. The third-order valence-corrected chi connectivity index (χ3v) is 5.92. The highest BCUT2D eigenvalue weighted by molar-refractivity contribution is 5.79. The molecule has 2 aromatic carbocycles. The van der Waals surface area contributed by atoms with Crippen LogP contribution in [0.2, 0.25) is 0 Å². The van der Waals surface area contributed by atoms with E-state index in [1.54, 1.807) is 26.8 Å². The van der Waals surface area contributed by atoms with Gasteiger partial charge in [0.05, 0.1) is 18.2 Å². The Morgan fingerprint density at radius 2 is 1.65 bits per heavy atom. The monoisotopic (exact) mass is 513 g/mol. The topological polar surface area (TPSA) is 96.3 Å². The first-order valence-corrected chi connectivity index (χ1v) is 13.3. The maximum absolute atomic E-state index is 12.8. The zero-order valence-corrected chi connectivity index (χ0v) is 22.5. The van der Waals surface area contributed by atoms with Gasteiger partial charge in [0, 0.05) is 19.8 Å². The molecule has 1 atom stereocenters. The Morgan fingerprint density at radius 1 is 0.973 bits per heavy atom. The molecule has 204 valence electrons. The number of unbranched alkanes of at least 4 members (excludes halogenated alkanes) is 4. The van der Waals surface area contributed by atoms with Crippen molar-refractivity contribution in [2.24, 2.45) is 0 Å². The number of phenolic OH excluding ortho intramolecular Hbond substituents is 1. The number of aryl methyl sites for hydroxylation is 1. The first kappa shape index (κ1) is 30.3. The van der Waals surface area contributed by atoms with Crippen molar-refractivity contribution in [2.45, 2.75) is 77.4 Å². The molecule has 0 spiro atoms. The average molecular weight is 514 g/mol. The van der Waals surface area contributed by atoms with Gasteiger partial charge in [0.25, 0.3) is 0 Å². The summed E-state index contributed by atoms with van der Waals surface area (Å²) in [7, 11) is 0. The summed E-state index contributed by atoms with van der Waals surface area (Å²) in [6, 6.07) is 14.8. The molecule has 7 nitrogen and oxygen atoms in total. The summed E-state index contributed by atoms with van der Waals surface area (Å²) in [5.41, 5.74) is 1.26. The standard InChI is InChI=1S/C30H43NO6/c1-30(2,3)37-29(35)31(22-28(34)25-16-17-27(33)26(21-25)23-32)18-10-4-5-11-19-36-20-12-9-15-24-13-7-6-8-14-24/h6-8,13-14,16-17,21,23,28,33-34H,4-5,9-12,15,18-20,22H2,1-3H3/t28-/m0/s1. The molecule has 0 saturated carbocycles. The average Bonchev–Trinajstić information content (AvgIpc) is 2.86. The maximum atomic E-state index is 12.8. The van der Waals surface area contributed by atoms with E-state index in [4.69, 9.17) is 9.47 Å². The lowest BCUT2D eigenvalue weighted by molar-refractivity contribution is 0.0140. The lowest BCUT2D eigenvalue weighted by atomic mass is 10.0. The Hall–Kier alpha value is -2.90. The first-order valence-electron chi connectivity index (χ1n) is 13.3. The van der Waals surface area contributed by atoms with Gasteiger partial charge in [0.1, 0.15) is 11.4 Å². The van der Waals surface area contributed by atoms with Crippen LogP contribution in [-0.4, -0.2) is 59.4 Å². The molecule has 0 radical (unpaired) electrons. The number of carbonyl (C=O) groups is 2. The summed E-state index contributed by atoms with van der Waals surface area (Å²) in [5, 5.41) is 20.4. The number of aliphatic hydroxyl groups is 1. The van der Waals surface area contributed by atoms with Crippen LogP contribution in [-0.2, 0) is 15.9 Å². The van der Waals surface area contributed by atoms with Crippen LogP contribution < -0.4 is 0 Å². The van der Waals surface area contributed by atoms with Crippen LogP contribution in [0.5, 0.6) is 5.75 Å². The summed E-state index contributed by atoms with van der Waals surface area (Å²) < 4.78 is 11.3. The van der Waals surface area contributed by atoms with Gasteiger partial charge in [-0.15, -0.1) is 0 Å². The van der Waals surface area contributed by atoms with Crippen LogP contribution in [0.1, 0.15) is 86.9 Å². The second-order valence-electron chi connectivity index (χ2n) is 10.3. The van der Waals surface area contributed by atoms with Crippen LogP contribution in [0, 0.1) is 0 Å². The predicted octanol–water partition coefficient (Wildman–Crippen LogP) is 6.08. The molecule has 0 aliphatic carbocycles. The summed E-state index contributed by atoms with van der Waals surface area (Å²) >= 11 is 0. The number of aliphatic hydroxyl groups excluding tert-OH is 1. The number of hydrogen-bond acceptors (Lipinski definition) is 6. The van der Waals surface area contributed by atoms with Gasteiger partial charge in [-0.25, -0.2) is 4.79 Å². The Bertz CT molecular complexity index is 941. The van der Waals surface area contributed by atoms with E-state index < -0.39 is 17.8 Å². The van der Waals surface area contributed by atoms with E-state index in [1.807, 2.05) is 6.07 Å². The molecular weight excluding hydrogens is 470 g/mol. The largest absolute Gasteiger partial charge is 0.507 e. The molecule has 0 unspecified atom stereocenters. The van der Waals surface area contributed by atoms with Gasteiger partial charge >= 0.3 is 6.09 Å². The highest BCUT2D eigenvalue weighted by Gasteiger charge is 2.24. The number of amides is 1. The third-order valence-electron chi connectivity index (χ3n) is 5.92. The molecule has 0 aromatic heterocycles. The highest BCUT2D eigenvalue weighted by atomic mass is 16.6. The highest BCUT2D eigenvalue weighted by Crippen LogP contribution is 2.23. The van der Waals surface area contributed by atoms with Crippen molar-refractivity contribution in [3.05, 3.63) is 65.2 Å². The van der Waals surface area contributed by atoms with Crippen molar-refractivity contribution in [1.82, 2.24) is 4.90 Å². The van der Waals surface area contributed by atoms with E-state index in [9.17, 15) is 19.8 Å². The molecule has 0 aliphatic heterocycles. The second kappa shape index (κ2) is 16.0. The van der Waals surface area contributed by atoms with Gasteiger partial charge in [0.15, 0.2) is 6.29 Å². The van der Waals surface area contributed by atoms with Crippen LogP contribution in [0.15, 0.2) is 48.5 Å². The molecular formula is C30H43NO6. The minimum absolute atomic E-state index is 0.0318. The zero-order chi connectivity index (χ0) is 27.1. The van der Waals surface area contributed by atoms with Gasteiger partial charge in [0.2, 0.25) is 0 Å². The number of phenols is 1. The molecule has 1 amide bonds. The van der Waals surface area contributed by atoms with Gasteiger partial charge in [-0.3, -0.25) is 4.79 Å². The van der Waals surface area contributed by atoms with Gasteiger partial charge in [-0.2, -0.15) is 0 Å². The predicted molar refractivity (Wildman–Crippen MR) is 145 cm³/mol. The van der Waals surface area contributed by atoms with Gasteiger partial charge in [-0.05, 0) is 76.1 Å². The van der Waals surface area contributed by atoms with Crippen molar-refractivity contribution in [1.29, 1.82) is 0 Å². The van der Waals surface area contributed by atoms with Crippen molar-refractivity contribution in [2.75, 3.05) is 26.3 Å². The quantitative estimate of drug-likeness (QED) is 0.209. The Balaban J connectivity index is 1.70. The normalized spacial score (nSPS) is 12.2. The second-order valence-corrected chi connectivity index (χ2v) is 10.3. The molecule has 7 heteroatoms. The summed E-state index contributed by atoms with van der Waals surface area (Å²) in [4.78, 5) is 25.4. The number of aldehydes is 1. The molecule has 2 rings (SSSR count). The van der Waals surface area contributed by atoms with Crippen LogP contribution in [0.3, 0.4) is 0 Å². The number of benzene rings is 2. The number of hydrogen-bond donors (Lipinski definition) is 2. The summed E-state index contributed by atoms with van der Waals surface area (Å²) in [6.07, 6.45) is 5.96. The van der Waals surface area contributed by atoms with E-state index in [-0.39, 0.29) is 17.9 Å². The molecule has 0 fully saturated rings. The fourth-order valence-corrected chi connectivity index (χ4v) is 3.91. The lowest BCUT2D eigenvalue weighted by Crippen LogP contribution is -2.39. The number of aromatic hydroxyl groups is 1. The molecule has 37 heavy (non-hydrogen) atoms. The summed E-state index contributed by atoms with van der Waals surface area (Å²) in [5.74, 6) is -0.147. The van der Waals surface area contributed by atoms with E-state index >= 15 is 0 Å². The van der Waals surface area contributed by atoms with Crippen LogP contribution >= 0.6 is 0 Å². The smallest absolute Gasteiger partial charge is 0.410 e. The fraction of sp³-hybridized carbons (Fsp3) is 0.533. The fourth-order valence-electron chi connectivity index (χ4n) is 3.91. The van der Waals surface area contributed by atoms with Crippen molar-refractivity contribution >= 4 is 12.4 Å². The minimum atomic E-state index is -1.01. The summed E-state index contributed by atoms with van der Waals surface area (Å²) in [6.45, 7) is 7.40. The zero-order valence-electron chi connectivity index (χ0n) is 22.5. The Labute approximate surface area is 221 Å². The molecule has 2 N–H and O–H groups in total. The number of nitrogens with zero attached hydrogens (tertiary/aromatic N) is 1. The SMILES string of the molecule is CC(C)(C)OC(=O)N(CCCCCCOCCCCc1ccccc1)C[C@H](O)c1ccc(O)c(C=O)c1. The molecule has 0 saturated heterocycles. The van der Waals surface area contributed by atoms with Crippen LogP contribution in [0.4, 0.5) is 4.79 Å². The molecule has 0 heterocycles. The first-order chi connectivity index (χ1) is 17.7. The van der Waals surface area contributed by atoms with Crippen molar-refractivity contribution in [3.8, 4) is 5.75 Å². The minimum Gasteiger partial charge on any atom is -0.507 e.